The number of ether oxygens (including phenoxy) is 2. The van der Waals surface area contributed by atoms with Gasteiger partial charge in [0.05, 0.1) is 11.2 Å². The molecule has 3 aromatic rings. The largest absolute Gasteiger partial charge is 0.489 e. The molecule has 128 valence electrons. The van der Waals surface area contributed by atoms with Gasteiger partial charge in [0.2, 0.25) is 0 Å². The lowest BCUT2D eigenvalue weighted by Crippen LogP contribution is -2.03. The number of hydrogen-bond donors (Lipinski definition) is 0. The van der Waals surface area contributed by atoms with Crippen molar-refractivity contribution in [3.8, 4) is 11.5 Å². The van der Waals surface area contributed by atoms with E-state index >= 15 is 0 Å². The lowest BCUT2D eigenvalue weighted by Gasteiger charge is -2.13. The summed E-state index contributed by atoms with van der Waals surface area (Å²) in [6.07, 6.45) is 3.42. The van der Waals surface area contributed by atoms with Crippen LogP contribution in [0.1, 0.15) is 16.7 Å². The van der Waals surface area contributed by atoms with Crippen molar-refractivity contribution < 1.29 is 13.9 Å². The predicted molar refractivity (Wildman–Crippen MR) is 95.5 cm³/mol. The van der Waals surface area contributed by atoms with Crippen LogP contribution >= 0.6 is 11.6 Å². The molecule has 0 spiro atoms. The summed E-state index contributed by atoms with van der Waals surface area (Å²) >= 11 is 5.76. The first-order valence-electron chi connectivity index (χ1n) is 7.81. The minimum atomic E-state index is -0.469. The van der Waals surface area contributed by atoms with Crippen molar-refractivity contribution in [1.82, 2.24) is 4.98 Å². The van der Waals surface area contributed by atoms with Gasteiger partial charge in [-0.15, -0.1) is 0 Å². The monoisotopic (exact) mass is 357 g/mol. The molecular formula is C20H17ClFNO2. The maximum Gasteiger partial charge on any atom is 0.142 e. The van der Waals surface area contributed by atoms with Gasteiger partial charge in [-0.05, 0) is 24.6 Å². The molecule has 0 aliphatic carbocycles. The average molecular weight is 358 g/mol. The van der Waals surface area contributed by atoms with Crippen LogP contribution in [-0.2, 0) is 13.2 Å². The lowest BCUT2D eigenvalue weighted by atomic mass is 10.1. The Hall–Kier alpha value is -2.59. The number of aromatic nitrogens is 1. The number of pyridine rings is 1. The molecule has 3 nitrogen and oxygen atoms in total. The first kappa shape index (κ1) is 17.2. The van der Waals surface area contributed by atoms with E-state index in [0.717, 1.165) is 16.7 Å². The van der Waals surface area contributed by atoms with Crippen molar-refractivity contribution in [2.45, 2.75) is 20.1 Å². The van der Waals surface area contributed by atoms with Gasteiger partial charge in [0.15, 0.2) is 0 Å². The topological polar surface area (TPSA) is 31.4 Å². The van der Waals surface area contributed by atoms with Crippen molar-refractivity contribution in [2.75, 3.05) is 0 Å². The number of hydrogen-bond acceptors (Lipinski definition) is 3. The van der Waals surface area contributed by atoms with E-state index in [1.807, 2.05) is 37.3 Å². The van der Waals surface area contributed by atoms with E-state index in [2.05, 4.69) is 4.98 Å². The Labute approximate surface area is 151 Å². The fraction of sp³-hybridized carbons (Fsp3) is 0.150. The molecule has 0 N–H and O–H groups in total. The smallest absolute Gasteiger partial charge is 0.142 e. The molecule has 3 rings (SSSR count). The zero-order valence-electron chi connectivity index (χ0n) is 13.7. The zero-order chi connectivity index (χ0) is 17.6. The summed E-state index contributed by atoms with van der Waals surface area (Å²) in [6.45, 7) is 2.73. The highest BCUT2D eigenvalue weighted by molar-refractivity contribution is 6.30. The molecule has 0 amide bonds. The first-order chi connectivity index (χ1) is 12.1. The number of halogens is 2. The third-order valence-corrected chi connectivity index (χ3v) is 4.09. The zero-order valence-corrected chi connectivity index (χ0v) is 14.5. The van der Waals surface area contributed by atoms with Gasteiger partial charge < -0.3 is 9.47 Å². The number of rotatable bonds is 6. The molecule has 1 heterocycles. The number of benzene rings is 2. The molecule has 0 fully saturated rings. The standard InChI is InChI=1S/C20H17ClFNO2/c1-14-16(13-24-17-7-8-19(22)18(21)9-17)10-23-11-20(14)25-12-15-5-3-2-4-6-15/h2-11H,12-13H2,1H3. The Morgan fingerprint density at radius 3 is 2.56 bits per heavy atom. The minimum absolute atomic E-state index is 0.0345. The van der Waals surface area contributed by atoms with Gasteiger partial charge in [0.25, 0.3) is 0 Å². The van der Waals surface area contributed by atoms with Crippen molar-refractivity contribution in [3.63, 3.8) is 0 Å². The van der Waals surface area contributed by atoms with Gasteiger partial charge in [0, 0.05) is 23.4 Å². The van der Waals surface area contributed by atoms with E-state index in [1.165, 1.54) is 12.1 Å². The third-order valence-electron chi connectivity index (χ3n) is 3.80. The van der Waals surface area contributed by atoms with E-state index in [1.54, 1.807) is 18.5 Å². The Morgan fingerprint density at radius 2 is 1.80 bits per heavy atom. The molecule has 0 bridgehead atoms. The molecule has 0 saturated carbocycles. The third kappa shape index (κ3) is 4.48. The van der Waals surface area contributed by atoms with Crippen molar-refractivity contribution in [2.24, 2.45) is 0 Å². The van der Waals surface area contributed by atoms with Crippen molar-refractivity contribution in [1.29, 1.82) is 0 Å². The Kier molecular flexibility index (Phi) is 5.51. The molecule has 0 saturated heterocycles. The van der Waals surface area contributed by atoms with Gasteiger partial charge in [-0.1, -0.05) is 41.9 Å². The summed E-state index contributed by atoms with van der Waals surface area (Å²) in [6, 6.07) is 14.2. The van der Waals surface area contributed by atoms with Gasteiger partial charge in [0.1, 0.15) is 30.5 Å². The highest BCUT2D eigenvalue weighted by atomic mass is 35.5. The lowest BCUT2D eigenvalue weighted by molar-refractivity contribution is 0.291. The summed E-state index contributed by atoms with van der Waals surface area (Å²) in [4.78, 5) is 4.21. The van der Waals surface area contributed by atoms with Crippen LogP contribution in [0.15, 0.2) is 60.9 Å². The molecule has 0 unspecified atom stereocenters. The summed E-state index contributed by atoms with van der Waals surface area (Å²) in [7, 11) is 0. The van der Waals surface area contributed by atoms with Crippen LogP contribution in [0.3, 0.4) is 0 Å². The van der Waals surface area contributed by atoms with E-state index in [9.17, 15) is 4.39 Å². The molecular weight excluding hydrogens is 341 g/mol. The fourth-order valence-corrected chi connectivity index (χ4v) is 2.47. The quantitative estimate of drug-likeness (QED) is 0.596. The molecule has 0 aliphatic rings. The molecule has 5 heteroatoms. The fourth-order valence-electron chi connectivity index (χ4n) is 2.30. The van der Waals surface area contributed by atoms with E-state index < -0.39 is 5.82 Å². The Balaban J connectivity index is 1.67. The van der Waals surface area contributed by atoms with Crippen LogP contribution in [-0.4, -0.2) is 4.98 Å². The molecule has 2 aromatic carbocycles. The maximum atomic E-state index is 13.2. The van der Waals surface area contributed by atoms with Gasteiger partial charge in [-0.2, -0.15) is 0 Å². The van der Waals surface area contributed by atoms with Crippen LogP contribution in [0.4, 0.5) is 4.39 Å². The SMILES string of the molecule is Cc1c(COc2ccc(F)c(Cl)c2)cncc1OCc1ccccc1. The summed E-state index contributed by atoms with van der Waals surface area (Å²) in [5, 5.41) is 0.0345. The second-order valence-electron chi connectivity index (χ2n) is 5.56. The average Bonchev–Trinajstić information content (AvgIpc) is 2.63. The highest BCUT2D eigenvalue weighted by Gasteiger charge is 2.08. The van der Waals surface area contributed by atoms with E-state index in [4.69, 9.17) is 21.1 Å². The minimum Gasteiger partial charge on any atom is -0.489 e. The van der Waals surface area contributed by atoms with E-state index in [-0.39, 0.29) is 5.02 Å². The molecule has 0 atom stereocenters. The van der Waals surface area contributed by atoms with Crippen LogP contribution in [0.25, 0.3) is 0 Å². The van der Waals surface area contributed by atoms with Crippen LogP contribution in [0.2, 0.25) is 5.02 Å². The van der Waals surface area contributed by atoms with Crippen LogP contribution < -0.4 is 9.47 Å². The second kappa shape index (κ2) is 7.99. The van der Waals surface area contributed by atoms with Crippen molar-refractivity contribution >= 4 is 11.6 Å². The molecule has 0 aliphatic heterocycles. The number of nitrogens with zero attached hydrogens (tertiary/aromatic N) is 1. The van der Waals surface area contributed by atoms with Crippen LogP contribution in [0.5, 0.6) is 11.5 Å². The molecule has 0 radical (unpaired) electrons. The van der Waals surface area contributed by atoms with Crippen molar-refractivity contribution in [3.05, 3.63) is 88.5 Å². The summed E-state index contributed by atoms with van der Waals surface area (Å²) < 4.78 is 24.7. The van der Waals surface area contributed by atoms with E-state index in [0.29, 0.717) is 24.7 Å². The second-order valence-corrected chi connectivity index (χ2v) is 5.97. The summed E-state index contributed by atoms with van der Waals surface area (Å²) in [5.41, 5.74) is 2.94. The maximum absolute atomic E-state index is 13.2. The highest BCUT2D eigenvalue weighted by Crippen LogP contribution is 2.25. The normalized spacial score (nSPS) is 10.5. The first-order valence-corrected chi connectivity index (χ1v) is 8.19. The van der Waals surface area contributed by atoms with Gasteiger partial charge in [-0.25, -0.2) is 4.39 Å². The summed E-state index contributed by atoms with van der Waals surface area (Å²) in [5.74, 6) is 0.742. The van der Waals surface area contributed by atoms with Gasteiger partial charge >= 0.3 is 0 Å². The molecule has 25 heavy (non-hydrogen) atoms. The van der Waals surface area contributed by atoms with Gasteiger partial charge in [-0.3, -0.25) is 4.98 Å². The van der Waals surface area contributed by atoms with Crippen LogP contribution in [0, 0.1) is 12.7 Å². The molecule has 1 aromatic heterocycles. The predicted octanol–water partition coefficient (Wildman–Crippen LogP) is 5.34. The Morgan fingerprint density at radius 1 is 1.00 bits per heavy atom. The Bertz CT molecular complexity index is 856.